The molecule has 4 N–H and O–H groups in total. The molecule has 0 spiro atoms. The number of aliphatic hydroxyl groups excluding tert-OH is 2. The molecule has 0 saturated heterocycles. The molecule has 10 heteroatoms. The van der Waals surface area contributed by atoms with Crippen LogP contribution >= 0.6 is 11.6 Å². The number of benzene rings is 1. The van der Waals surface area contributed by atoms with Gasteiger partial charge in [-0.1, -0.05) is 24.4 Å². The summed E-state index contributed by atoms with van der Waals surface area (Å²) in [6.07, 6.45) is 7.77. The summed E-state index contributed by atoms with van der Waals surface area (Å²) in [6, 6.07) is 5.84. The number of pyridine rings is 1. The Morgan fingerprint density at radius 3 is 2.79 bits per heavy atom. The number of nitrogens with one attached hydrogen (secondary N) is 2. The Kier molecular flexibility index (Phi) is 7.66. The Morgan fingerprint density at radius 2 is 2.03 bits per heavy atom. The number of rotatable bonds is 8. The van der Waals surface area contributed by atoms with Crippen molar-refractivity contribution >= 4 is 29.0 Å². The van der Waals surface area contributed by atoms with Crippen LogP contribution in [0.2, 0.25) is 5.02 Å². The number of hydrogen-bond donors (Lipinski definition) is 4. The normalized spacial score (nSPS) is 14.7. The van der Waals surface area contributed by atoms with Crippen LogP contribution in [0.1, 0.15) is 47.5 Å². The Labute approximate surface area is 201 Å². The van der Waals surface area contributed by atoms with Crippen LogP contribution in [0, 0.1) is 5.82 Å². The second-order valence-corrected chi connectivity index (χ2v) is 8.63. The number of aromatic nitrogens is 3. The van der Waals surface area contributed by atoms with Gasteiger partial charge in [0, 0.05) is 35.7 Å². The van der Waals surface area contributed by atoms with Gasteiger partial charge in [0.05, 0.1) is 29.5 Å². The highest BCUT2D eigenvalue weighted by Crippen LogP contribution is 2.38. The minimum Gasteiger partial charge on any atom is -0.394 e. The van der Waals surface area contributed by atoms with Crippen molar-refractivity contribution in [1.82, 2.24) is 20.3 Å². The minimum absolute atomic E-state index is 0.108. The summed E-state index contributed by atoms with van der Waals surface area (Å²) in [5.41, 5.74) is 1.75. The van der Waals surface area contributed by atoms with Crippen LogP contribution in [0.15, 0.2) is 42.9 Å². The highest BCUT2D eigenvalue weighted by atomic mass is 35.5. The molecule has 34 heavy (non-hydrogen) atoms. The molecule has 178 valence electrons. The van der Waals surface area contributed by atoms with E-state index in [1.165, 1.54) is 30.6 Å². The Balaban J connectivity index is 1.70. The van der Waals surface area contributed by atoms with Crippen molar-refractivity contribution < 1.29 is 19.4 Å². The zero-order chi connectivity index (χ0) is 24.1. The van der Waals surface area contributed by atoms with Crippen LogP contribution < -0.4 is 10.6 Å². The maximum Gasteiger partial charge on any atom is 0.255 e. The second kappa shape index (κ2) is 10.9. The first-order chi connectivity index (χ1) is 16.5. The Hall–Kier alpha value is -3.14. The van der Waals surface area contributed by atoms with E-state index >= 15 is 0 Å². The van der Waals surface area contributed by atoms with Gasteiger partial charge >= 0.3 is 0 Å². The van der Waals surface area contributed by atoms with Gasteiger partial charge in [-0.15, -0.1) is 0 Å². The van der Waals surface area contributed by atoms with Crippen LogP contribution in [-0.4, -0.2) is 50.3 Å². The van der Waals surface area contributed by atoms with Crippen molar-refractivity contribution in [2.75, 3.05) is 18.5 Å². The number of hydrogen-bond acceptors (Lipinski definition) is 7. The summed E-state index contributed by atoms with van der Waals surface area (Å²) in [6.45, 7) is -0.574. The SMILES string of the molecule is O=C(NC[C@H](O)CO)c1cnccc1Nc1nc(-c2cc(Cl)ccc2F)ncc1C1CCCC1. The van der Waals surface area contributed by atoms with E-state index in [1.54, 1.807) is 12.3 Å². The molecule has 0 unspecified atom stereocenters. The molecule has 1 atom stereocenters. The van der Waals surface area contributed by atoms with E-state index < -0.39 is 24.4 Å². The molecule has 8 nitrogen and oxygen atoms in total. The average Bonchev–Trinajstić information content (AvgIpc) is 3.39. The van der Waals surface area contributed by atoms with Gasteiger partial charge in [-0.2, -0.15) is 0 Å². The lowest BCUT2D eigenvalue weighted by Gasteiger charge is -2.18. The third kappa shape index (κ3) is 5.49. The summed E-state index contributed by atoms with van der Waals surface area (Å²) in [5, 5.41) is 24.7. The first-order valence-corrected chi connectivity index (χ1v) is 11.4. The smallest absolute Gasteiger partial charge is 0.255 e. The van der Waals surface area contributed by atoms with E-state index in [4.69, 9.17) is 16.7 Å². The van der Waals surface area contributed by atoms with Crippen LogP contribution in [0.25, 0.3) is 11.4 Å². The summed E-state index contributed by atoms with van der Waals surface area (Å²) in [4.78, 5) is 25.8. The van der Waals surface area contributed by atoms with Crippen molar-refractivity contribution in [1.29, 1.82) is 0 Å². The molecule has 1 amide bonds. The number of aliphatic hydroxyl groups is 2. The highest BCUT2D eigenvalue weighted by Gasteiger charge is 2.24. The first-order valence-electron chi connectivity index (χ1n) is 11.1. The van der Waals surface area contributed by atoms with Crippen molar-refractivity contribution in [2.45, 2.75) is 37.7 Å². The minimum atomic E-state index is -1.07. The third-order valence-corrected chi connectivity index (χ3v) is 6.04. The number of carbonyl (C=O) groups is 1. The van der Waals surface area contributed by atoms with Crippen molar-refractivity contribution in [3.05, 3.63) is 64.8 Å². The molecular weight excluding hydrogens is 461 g/mol. The van der Waals surface area contributed by atoms with E-state index in [9.17, 15) is 14.3 Å². The fraction of sp³-hybridized carbons (Fsp3) is 0.333. The van der Waals surface area contributed by atoms with Crippen molar-refractivity contribution in [2.24, 2.45) is 0 Å². The number of carbonyl (C=O) groups excluding carboxylic acids is 1. The lowest BCUT2D eigenvalue weighted by Crippen LogP contribution is -2.34. The number of nitrogens with zero attached hydrogens (tertiary/aromatic N) is 3. The van der Waals surface area contributed by atoms with Crippen LogP contribution in [0.5, 0.6) is 0 Å². The third-order valence-electron chi connectivity index (χ3n) is 5.81. The van der Waals surface area contributed by atoms with Gasteiger partial charge in [-0.3, -0.25) is 9.78 Å². The maximum absolute atomic E-state index is 14.5. The molecule has 1 fully saturated rings. The quantitative estimate of drug-likeness (QED) is 0.383. The van der Waals surface area contributed by atoms with E-state index in [0.29, 0.717) is 16.5 Å². The maximum atomic E-state index is 14.5. The van der Waals surface area contributed by atoms with Gasteiger partial charge in [0.2, 0.25) is 0 Å². The van der Waals surface area contributed by atoms with Crippen LogP contribution in [0.3, 0.4) is 0 Å². The van der Waals surface area contributed by atoms with Crippen molar-refractivity contribution in [3.8, 4) is 11.4 Å². The molecule has 0 bridgehead atoms. The van der Waals surface area contributed by atoms with Gasteiger partial charge in [-0.05, 0) is 43.0 Å². The van der Waals surface area contributed by atoms with Gasteiger partial charge in [0.25, 0.3) is 5.91 Å². The molecule has 2 aromatic heterocycles. The van der Waals surface area contributed by atoms with Gasteiger partial charge in [-0.25, -0.2) is 14.4 Å². The summed E-state index contributed by atoms with van der Waals surface area (Å²) in [7, 11) is 0. The molecule has 0 aliphatic heterocycles. The standard InChI is InChI=1S/C24H25ClFN5O3/c25-15-5-6-20(26)17(9-15)22-28-12-18(14-3-1-2-4-14)23(31-22)30-21-7-8-27-11-19(21)24(34)29-10-16(33)13-32/h5-9,11-12,14,16,32-33H,1-4,10,13H2,(H,29,34)(H,27,28,30,31)/t16-/m0/s1. The van der Waals surface area contributed by atoms with Gasteiger partial charge in [0.1, 0.15) is 11.6 Å². The second-order valence-electron chi connectivity index (χ2n) is 8.20. The largest absolute Gasteiger partial charge is 0.394 e. The lowest BCUT2D eigenvalue weighted by atomic mass is 9.99. The van der Waals surface area contributed by atoms with Gasteiger partial charge < -0.3 is 20.8 Å². The Morgan fingerprint density at radius 1 is 1.24 bits per heavy atom. The fourth-order valence-corrected chi connectivity index (χ4v) is 4.18. The van der Waals surface area contributed by atoms with Crippen molar-refractivity contribution in [3.63, 3.8) is 0 Å². The van der Waals surface area contributed by atoms with E-state index in [2.05, 4.69) is 25.6 Å². The zero-order valence-electron chi connectivity index (χ0n) is 18.3. The molecule has 1 aliphatic rings. The molecular formula is C24H25ClFN5O3. The van der Waals surface area contributed by atoms with E-state index in [1.807, 2.05) is 0 Å². The predicted molar refractivity (Wildman–Crippen MR) is 127 cm³/mol. The van der Waals surface area contributed by atoms with E-state index in [0.717, 1.165) is 31.2 Å². The molecule has 1 saturated carbocycles. The number of amides is 1. The molecule has 1 aliphatic carbocycles. The number of anilines is 2. The average molecular weight is 486 g/mol. The van der Waals surface area contributed by atoms with Crippen LogP contribution in [0.4, 0.5) is 15.9 Å². The van der Waals surface area contributed by atoms with Crippen LogP contribution in [-0.2, 0) is 0 Å². The Bertz CT molecular complexity index is 1170. The predicted octanol–water partition coefficient (Wildman–Crippen LogP) is 3.82. The monoisotopic (exact) mass is 485 g/mol. The first kappa shape index (κ1) is 24.0. The molecule has 4 rings (SSSR count). The van der Waals surface area contributed by atoms with E-state index in [-0.39, 0.29) is 29.4 Å². The topological polar surface area (TPSA) is 120 Å². The summed E-state index contributed by atoms with van der Waals surface area (Å²) >= 11 is 6.07. The molecule has 0 radical (unpaired) electrons. The zero-order valence-corrected chi connectivity index (χ0v) is 19.1. The molecule has 2 heterocycles. The number of halogens is 2. The lowest BCUT2D eigenvalue weighted by molar-refractivity contribution is 0.0802. The fourth-order valence-electron chi connectivity index (χ4n) is 4.01. The summed E-state index contributed by atoms with van der Waals surface area (Å²) < 4.78 is 14.5. The summed E-state index contributed by atoms with van der Waals surface area (Å²) in [5.74, 6) is -0.0575. The molecule has 3 aromatic rings. The van der Waals surface area contributed by atoms with Gasteiger partial charge in [0.15, 0.2) is 5.82 Å². The highest BCUT2D eigenvalue weighted by molar-refractivity contribution is 6.30. The molecule has 1 aromatic carbocycles.